The van der Waals surface area contributed by atoms with Gasteiger partial charge in [0.25, 0.3) is 0 Å². The zero-order valence-corrected chi connectivity index (χ0v) is 12.2. The van der Waals surface area contributed by atoms with E-state index in [2.05, 4.69) is 4.72 Å². The van der Waals surface area contributed by atoms with Gasteiger partial charge in [0.15, 0.2) is 0 Å². The Hall–Kier alpha value is -2.10. The van der Waals surface area contributed by atoms with Crippen LogP contribution in [-0.2, 0) is 15.8 Å². The molecule has 4 nitrogen and oxygen atoms in total. The van der Waals surface area contributed by atoms with Crippen LogP contribution in [0.3, 0.4) is 0 Å². The molecule has 0 atom stereocenters. The maximum atomic E-state index is 13.1. The monoisotopic (exact) mass is 324 g/mol. The fourth-order valence-corrected chi connectivity index (χ4v) is 3.20. The molecule has 0 saturated carbocycles. The van der Waals surface area contributed by atoms with Crippen molar-refractivity contribution in [1.82, 2.24) is 0 Å². The minimum atomic E-state index is -3.81. The number of benzene rings is 2. The number of anilines is 1. The van der Waals surface area contributed by atoms with E-state index in [0.29, 0.717) is 5.56 Å². The van der Waals surface area contributed by atoms with E-state index in [9.17, 15) is 12.8 Å². The molecular weight excluding hydrogens is 315 g/mol. The summed E-state index contributed by atoms with van der Waals surface area (Å²) in [7, 11) is -3.81. The van der Waals surface area contributed by atoms with Crippen LogP contribution in [0.25, 0.3) is 0 Å². The van der Waals surface area contributed by atoms with Gasteiger partial charge in [0.05, 0.1) is 28.1 Å². The van der Waals surface area contributed by atoms with Crippen molar-refractivity contribution in [2.45, 2.75) is 5.75 Å². The molecule has 0 aliphatic rings. The predicted octanol–water partition coefficient (Wildman–Crippen LogP) is 3.29. The van der Waals surface area contributed by atoms with E-state index in [1.807, 2.05) is 6.07 Å². The molecule has 0 heterocycles. The van der Waals surface area contributed by atoms with Crippen LogP contribution in [-0.4, -0.2) is 8.42 Å². The number of hydrogen-bond acceptors (Lipinski definition) is 3. The molecule has 0 radical (unpaired) electrons. The van der Waals surface area contributed by atoms with E-state index < -0.39 is 21.6 Å². The molecule has 1 N–H and O–H groups in total. The van der Waals surface area contributed by atoms with E-state index in [1.165, 1.54) is 12.1 Å². The lowest BCUT2D eigenvalue weighted by atomic mass is 10.1. The Morgan fingerprint density at radius 2 is 1.95 bits per heavy atom. The average Bonchev–Trinajstić information content (AvgIpc) is 2.43. The number of nitrogens with one attached hydrogen (secondary N) is 1. The first-order valence-corrected chi connectivity index (χ1v) is 7.88. The fraction of sp³-hybridized carbons (Fsp3) is 0.0714. The topological polar surface area (TPSA) is 70.0 Å². The third-order valence-electron chi connectivity index (χ3n) is 2.68. The molecule has 0 fully saturated rings. The zero-order valence-electron chi connectivity index (χ0n) is 10.7. The number of rotatable bonds is 4. The van der Waals surface area contributed by atoms with Crippen LogP contribution in [0, 0.1) is 17.1 Å². The second kappa shape index (κ2) is 6.12. The molecule has 0 aliphatic heterocycles. The van der Waals surface area contributed by atoms with Gasteiger partial charge in [-0.3, -0.25) is 4.72 Å². The Kier molecular flexibility index (Phi) is 4.46. The highest BCUT2D eigenvalue weighted by Crippen LogP contribution is 2.24. The van der Waals surface area contributed by atoms with E-state index in [1.54, 1.807) is 18.2 Å². The first kappa shape index (κ1) is 15.3. The third-order valence-corrected chi connectivity index (χ3v) is 4.23. The van der Waals surface area contributed by atoms with Crippen molar-refractivity contribution in [3.05, 3.63) is 64.4 Å². The number of halogens is 2. The van der Waals surface area contributed by atoms with Gasteiger partial charge in [-0.05, 0) is 29.8 Å². The minimum Gasteiger partial charge on any atom is -0.282 e. The van der Waals surface area contributed by atoms with Crippen molar-refractivity contribution in [2.75, 3.05) is 4.72 Å². The van der Waals surface area contributed by atoms with Crippen molar-refractivity contribution in [3.63, 3.8) is 0 Å². The van der Waals surface area contributed by atoms with Crippen LogP contribution >= 0.6 is 11.6 Å². The summed E-state index contributed by atoms with van der Waals surface area (Å²) < 4.78 is 39.5. The standard InChI is InChI=1S/C14H10ClFN2O2S/c15-13-6-5-12(16)7-14(13)18-21(19,20)9-11-4-2-1-3-10(11)8-17/h1-7,18H,9H2. The molecule has 0 bridgehead atoms. The van der Waals surface area contributed by atoms with Crippen molar-refractivity contribution < 1.29 is 12.8 Å². The van der Waals surface area contributed by atoms with Gasteiger partial charge in [0.2, 0.25) is 10.0 Å². The van der Waals surface area contributed by atoms with E-state index >= 15 is 0 Å². The van der Waals surface area contributed by atoms with Gasteiger partial charge in [-0.15, -0.1) is 0 Å². The Bertz CT molecular complexity index is 816. The largest absolute Gasteiger partial charge is 0.282 e. The molecule has 0 spiro atoms. The summed E-state index contributed by atoms with van der Waals surface area (Å²) in [4.78, 5) is 0. The summed E-state index contributed by atoms with van der Waals surface area (Å²) >= 11 is 5.82. The highest BCUT2D eigenvalue weighted by atomic mass is 35.5. The maximum absolute atomic E-state index is 13.1. The minimum absolute atomic E-state index is 0.0360. The molecule has 0 aromatic heterocycles. The van der Waals surface area contributed by atoms with Gasteiger partial charge in [0.1, 0.15) is 5.82 Å². The van der Waals surface area contributed by atoms with Gasteiger partial charge in [-0.1, -0.05) is 29.8 Å². The van der Waals surface area contributed by atoms with Crippen molar-refractivity contribution in [3.8, 4) is 6.07 Å². The predicted molar refractivity (Wildman–Crippen MR) is 78.8 cm³/mol. The summed E-state index contributed by atoms with van der Waals surface area (Å²) in [5, 5.41) is 9.04. The first-order chi connectivity index (χ1) is 9.91. The molecule has 0 amide bonds. The molecule has 108 valence electrons. The second-order valence-corrected chi connectivity index (χ2v) is 6.38. The Balaban J connectivity index is 2.27. The fourth-order valence-electron chi connectivity index (χ4n) is 1.74. The SMILES string of the molecule is N#Cc1ccccc1CS(=O)(=O)Nc1cc(F)ccc1Cl. The molecule has 2 aromatic carbocycles. The third kappa shape index (κ3) is 3.94. The van der Waals surface area contributed by atoms with Crippen LogP contribution in [0.4, 0.5) is 10.1 Å². The first-order valence-electron chi connectivity index (χ1n) is 5.85. The number of sulfonamides is 1. The molecule has 21 heavy (non-hydrogen) atoms. The van der Waals surface area contributed by atoms with Gasteiger partial charge >= 0.3 is 0 Å². The van der Waals surface area contributed by atoms with Gasteiger partial charge in [0, 0.05) is 0 Å². The highest BCUT2D eigenvalue weighted by molar-refractivity contribution is 7.91. The number of nitriles is 1. The van der Waals surface area contributed by atoms with Crippen LogP contribution < -0.4 is 4.72 Å². The molecule has 2 aromatic rings. The van der Waals surface area contributed by atoms with Crippen molar-refractivity contribution in [2.24, 2.45) is 0 Å². The van der Waals surface area contributed by atoms with E-state index in [0.717, 1.165) is 12.1 Å². The molecule has 0 unspecified atom stereocenters. The molecule has 2 rings (SSSR count). The molecule has 0 aliphatic carbocycles. The van der Waals surface area contributed by atoms with Gasteiger partial charge in [-0.25, -0.2) is 12.8 Å². The smallest absolute Gasteiger partial charge is 0.237 e. The lowest BCUT2D eigenvalue weighted by molar-refractivity contribution is 0.600. The Morgan fingerprint density at radius 3 is 2.67 bits per heavy atom. The van der Waals surface area contributed by atoms with Crippen molar-refractivity contribution in [1.29, 1.82) is 5.26 Å². The second-order valence-electron chi connectivity index (χ2n) is 4.25. The lowest BCUT2D eigenvalue weighted by Crippen LogP contribution is -2.16. The normalized spacial score (nSPS) is 10.9. The van der Waals surface area contributed by atoms with Crippen LogP contribution in [0.2, 0.25) is 5.02 Å². The summed E-state index contributed by atoms with van der Waals surface area (Å²) in [6.07, 6.45) is 0. The van der Waals surface area contributed by atoms with Crippen LogP contribution in [0.15, 0.2) is 42.5 Å². The Morgan fingerprint density at radius 1 is 1.24 bits per heavy atom. The van der Waals surface area contributed by atoms with Gasteiger partial charge < -0.3 is 0 Å². The average molecular weight is 325 g/mol. The number of hydrogen-bond donors (Lipinski definition) is 1. The van der Waals surface area contributed by atoms with Crippen molar-refractivity contribution >= 4 is 27.3 Å². The van der Waals surface area contributed by atoms with E-state index in [-0.39, 0.29) is 16.3 Å². The summed E-state index contributed by atoms with van der Waals surface area (Å²) in [5.41, 5.74) is 0.597. The lowest BCUT2D eigenvalue weighted by Gasteiger charge is -2.10. The summed E-state index contributed by atoms with van der Waals surface area (Å²) in [6, 6.07) is 11.7. The van der Waals surface area contributed by atoms with E-state index in [4.69, 9.17) is 16.9 Å². The number of nitrogens with zero attached hydrogens (tertiary/aromatic N) is 1. The summed E-state index contributed by atoms with van der Waals surface area (Å²) in [5.74, 6) is -1.00. The zero-order chi connectivity index (χ0) is 15.5. The highest BCUT2D eigenvalue weighted by Gasteiger charge is 2.16. The van der Waals surface area contributed by atoms with Crippen LogP contribution in [0.1, 0.15) is 11.1 Å². The Labute approximate surface area is 126 Å². The quantitative estimate of drug-likeness (QED) is 0.938. The maximum Gasteiger partial charge on any atom is 0.237 e. The molecular formula is C14H10ClFN2O2S. The molecule has 7 heteroatoms. The summed E-state index contributed by atoms with van der Waals surface area (Å²) in [6.45, 7) is 0. The van der Waals surface area contributed by atoms with Crippen LogP contribution in [0.5, 0.6) is 0 Å². The molecule has 0 saturated heterocycles. The van der Waals surface area contributed by atoms with Gasteiger partial charge in [-0.2, -0.15) is 5.26 Å².